The molecule has 0 aromatic heterocycles. The third-order valence-electron chi connectivity index (χ3n) is 5.45. The molecule has 2 atom stereocenters. The van der Waals surface area contributed by atoms with Crippen LogP contribution in [0.5, 0.6) is 0 Å². The SMILES string of the molecule is Cc1ccccc1[C@@H]1C[C@H](C)N(C(=O)CC2CCNCC2)C1. The van der Waals surface area contributed by atoms with Crippen molar-refractivity contribution in [2.45, 2.75) is 51.5 Å². The van der Waals surface area contributed by atoms with Crippen LogP contribution in [0.4, 0.5) is 0 Å². The van der Waals surface area contributed by atoms with E-state index in [0.717, 1.165) is 45.3 Å². The third kappa shape index (κ3) is 3.35. The highest BCUT2D eigenvalue weighted by molar-refractivity contribution is 5.77. The number of nitrogens with one attached hydrogen (secondary N) is 1. The summed E-state index contributed by atoms with van der Waals surface area (Å²) in [6, 6.07) is 9.00. The molecule has 2 saturated heterocycles. The molecule has 3 heteroatoms. The zero-order valence-corrected chi connectivity index (χ0v) is 13.8. The van der Waals surface area contributed by atoms with Gasteiger partial charge in [0.1, 0.15) is 0 Å². The molecule has 3 rings (SSSR count). The Morgan fingerprint density at radius 2 is 2.00 bits per heavy atom. The zero-order valence-electron chi connectivity index (χ0n) is 13.8. The van der Waals surface area contributed by atoms with Crippen molar-refractivity contribution in [2.24, 2.45) is 5.92 Å². The summed E-state index contributed by atoms with van der Waals surface area (Å²) in [6.07, 6.45) is 4.14. The Morgan fingerprint density at radius 1 is 1.27 bits per heavy atom. The largest absolute Gasteiger partial charge is 0.339 e. The standard InChI is InChI=1S/C19H28N2O/c1-14-5-3-4-6-18(14)17-11-15(2)21(13-17)19(22)12-16-7-9-20-10-8-16/h3-6,15-17,20H,7-13H2,1-2H3/t15-,17+/m0/s1. The van der Waals surface area contributed by atoms with Gasteiger partial charge in [0.05, 0.1) is 0 Å². The number of likely N-dealkylation sites (tertiary alicyclic amines) is 1. The third-order valence-corrected chi connectivity index (χ3v) is 5.45. The van der Waals surface area contributed by atoms with Gasteiger partial charge in [-0.3, -0.25) is 4.79 Å². The summed E-state index contributed by atoms with van der Waals surface area (Å²) >= 11 is 0. The topological polar surface area (TPSA) is 32.3 Å². The van der Waals surface area contributed by atoms with E-state index in [1.54, 1.807) is 0 Å². The smallest absolute Gasteiger partial charge is 0.223 e. The van der Waals surface area contributed by atoms with Crippen LogP contribution in [0.15, 0.2) is 24.3 Å². The molecule has 1 aromatic carbocycles. The van der Waals surface area contributed by atoms with E-state index >= 15 is 0 Å². The average Bonchev–Trinajstić information content (AvgIpc) is 2.90. The van der Waals surface area contributed by atoms with Crippen molar-refractivity contribution in [3.8, 4) is 0 Å². The van der Waals surface area contributed by atoms with Gasteiger partial charge in [-0.2, -0.15) is 0 Å². The minimum Gasteiger partial charge on any atom is -0.339 e. The van der Waals surface area contributed by atoms with Gasteiger partial charge < -0.3 is 10.2 Å². The Hall–Kier alpha value is -1.35. The molecule has 22 heavy (non-hydrogen) atoms. The molecule has 1 N–H and O–H groups in total. The lowest BCUT2D eigenvalue weighted by Crippen LogP contribution is -2.37. The lowest BCUT2D eigenvalue weighted by molar-refractivity contribution is -0.132. The molecule has 1 amide bonds. The molecule has 2 aliphatic rings. The fraction of sp³-hybridized carbons (Fsp3) is 0.632. The maximum Gasteiger partial charge on any atom is 0.223 e. The minimum absolute atomic E-state index is 0.371. The molecule has 2 heterocycles. The van der Waals surface area contributed by atoms with Gasteiger partial charge in [-0.05, 0) is 63.2 Å². The van der Waals surface area contributed by atoms with Crippen molar-refractivity contribution < 1.29 is 4.79 Å². The van der Waals surface area contributed by atoms with Gasteiger partial charge in [0, 0.05) is 24.9 Å². The van der Waals surface area contributed by atoms with Crippen LogP contribution in [0.3, 0.4) is 0 Å². The summed E-state index contributed by atoms with van der Waals surface area (Å²) in [4.78, 5) is 14.8. The summed E-state index contributed by atoms with van der Waals surface area (Å²) < 4.78 is 0. The van der Waals surface area contributed by atoms with Crippen molar-refractivity contribution in [3.63, 3.8) is 0 Å². The summed E-state index contributed by atoms with van der Waals surface area (Å²) in [5.41, 5.74) is 2.78. The van der Waals surface area contributed by atoms with Crippen LogP contribution in [-0.4, -0.2) is 36.5 Å². The molecule has 0 unspecified atom stereocenters. The normalized spacial score (nSPS) is 26.4. The predicted molar refractivity (Wildman–Crippen MR) is 89.9 cm³/mol. The highest BCUT2D eigenvalue weighted by Crippen LogP contribution is 2.34. The van der Waals surface area contributed by atoms with E-state index in [0.29, 0.717) is 23.8 Å². The van der Waals surface area contributed by atoms with Crippen LogP contribution in [0, 0.1) is 12.8 Å². The van der Waals surface area contributed by atoms with E-state index in [2.05, 4.69) is 48.3 Å². The fourth-order valence-corrected chi connectivity index (χ4v) is 4.10. The number of hydrogen-bond acceptors (Lipinski definition) is 2. The van der Waals surface area contributed by atoms with Gasteiger partial charge in [-0.25, -0.2) is 0 Å². The lowest BCUT2D eigenvalue weighted by atomic mass is 9.93. The number of benzene rings is 1. The van der Waals surface area contributed by atoms with Crippen molar-refractivity contribution in [1.82, 2.24) is 10.2 Å². The zero-order chi connectivity index (χ0) is 15.5. The van der Waals surface area contributed by atoms with Gasteiger partial charge in [0.25, 0.3) is 0 Å². The van der Waals surface area contributed by atoms with Crippen LogP contribution in [0.2, 0.25) is 0 Å². The minimum atomic E-state index is 0.371. The van der Waals surface area contributed by atoms with E-state index in [-0.39, 0.29) is 0 Å². The molecule has 0 radical (unpaired) electrons. The number of aryl methyl sites for hydroxylation is 1. The number of carbonyl (C=O) groups is 1. The molecule has 0 spiro atoms. The van der Waals surface area contributed by atoms with Crippen molar-refractivity contribution in [2.75, 3.05) is 19.6 Å². The van der Waals surface area contributed by atoms with E-state index in [4.69, 9.17) is 0 Å². The first kappa shape index (κ1) is 15.5. The predicted octanol–water partition coefficient (Wildman–Crippen LogP) is 3.09. The maximum atomic E-state index is 12.7. The molecule has 1 aromatic rings. The summed E-state index contributed by atoms with van der Waals surface area (Å²) in [6.45, 7) is 7.42. The summed E-state index contributed by atoms with van der Waals surface area (Å²) in [5.74, 6) is 1.46. The second-order valence-corrected chi connectivity index (χ2v) is 7.08. The van der Waals surface area contributed by atoms with Crippen molar-refractivity contribution in [1.29, 1.82) is 0 Å². The summed E-state index contributed by atoms with van der Waals surface area (Å²) in [5, 5.41) is 3.38. The number of nitrogens with zero attached hydrogens (tertiary/aromatic N) is 1. The molecule has 3 nitrogen and oxygen atoms in total. The molecule has 0 saturated carbocycles. The first-order valence-corrected chi connectivity index (χ1v) is 8.71. The molecule has 120 valence electrons. The summed E-state index contributed by atoms with van der Waals surface area (Å²) in [7, 11) is 0. The van der Waals surface area contributed by atoms with Gasteiger partial charge in [-0.15, -0.1) is 0 Å². The molecule has 2 fully saturated rings. The highest BCUT2D eigenvalue weighted by Gasteiger charge is 2.34. The van der Waals surface area contributed by atoms with E-state index in [1.807, 2.05) is 0 Å². The molecule has 0 aliphatic carbocycles. The van der Waals surface area contributed by atoms with Gasteiger partial charge >= 0.3 is 0 Å². The van der Waals surface area contributed by atoms with E-state index < -0.39 is 0 Å². The average molecular weight is 300 g/mol. The first-order valence-electron chi connectivity index (χ1n) is 8.71. The number of amides is 1. The van der Waals surface area contributed by atoms with E-state index in [9.17, 15) is 4.79 Å². The highest BCUT2D eigenvalue weighted by atomic mass is 16.2. The van der Waals surface area contributed by atoms with Gasteiger partial charge in [0.15, 0.2) is 0 Å². The first-order chi connectivity index (χ1) is 10.6. The van der Waals surface area contributed by atoms with Crippen LogP contribution in [0.1, 0.15) is 49.7 Å². The maximum absolute atomic E-state index is 12.7. The molecule has 2 aliphatic heterocycles. The van der Waals surface area contributed by atoms with Gasteiger partial charge in [0.2, 0.25) is 5.91 Å². The molecule has 0 bridgehead atoms. The second kappa shape index (κ2) is 6.82. The van der Waals surface area contributed by atoms with Crippen LogP contribution >= 0.6 is 0 Å². The lowest BCUT2D eigenvalue weighted by Gasteiger charge is -2.27. The number of hydrogen-bond donors (Lipinski definition) is 1. The molecular weight excluding hydrogens is 272 g/mol. The van der Waals surface area contributed by atoms with Gasteiger partial charge in [-0.1, -0.05) is 24.3 Å². The number of carbonyl (C=O) groups excluding carboxylic acids is 1. The number of rotatable bonds is 3. The Kier molecular flexibility index (Phi) is 4.82. The Morgan fingerprint density at radius 3 is 2.73 bits per heavy atom. The van der Waals surface area contributed by atoms with Crippen LogP contribution < -0.4 is 5.32 Å². The van der Waals surface area contributed by atoms with Crippen LogP contribution in [-0.2, 0) is 4.79 Å². The Balaban J connectivity index is 1.63. The number of piperidine rings is 1. The van der Waals surface area contributed by atoms with Crippen molar-refractivity contribution in [3.05, 3.63) is 35.4 Å². The monoisotopic (exact) mass is 300 g/mol. The van der Waals surface area contributed by atoms with E-state index in [1.165, 1.54) is 11.1 Å². The Bertz CT molecular complexity index is 522. The quantitative estimate of drug-likeness (QED) is 0.930. The fourth-order valence-electron chi connectivity index (χ4n) is 4.10. The molecular formula is C19H28N2O. The Labute approximate surface area is 134 Å². The van der Waals surface area contributed by atoms with Crippen molar-refractivity contribution >= 4 is 5.91 Å². The second-order valence-electron chi connectivity index (χ2n) is 7.08. The van der Waals surface area contributed by atoms with Crippen LogP contribution in [0.25, 0.3) is 0 Å².